The number of nitrogens with zero attached hydrogens (tertiary/aromatic N) is 2. The van der Waals surface area contributed by atoms with Crippen LogP contribution in [0.1, 0.15) is 25.3 Å². The summed E-state index contributed by atoms with van der Waals surface area (Å²) >= 11 is 6.13. The summed E-state index contributed by atoms with van der Waals surface area (Å²) in [5, 5.41) is 10.1. The van der Waals surface area contributed by atoms with E-state index in [-0.39, 0.29) is 24.3 Å². The molecule has 1 fully saturated rings. The number of aliphatic hydroxyl groups is 1. The largest absolute Gasteiger partial charge is 0.494 e. The van der Waals surface area contributed by atoms with Crippen molar-refractivity contribution in [2.75, 3.05) is 31.2 Å². The maximum atomic E-state index is 13.6. The minimum atomic E-state index is -0.377. The zero-order chi connectivity index (χ0) is 22.0. The molecule has 1 N–H and O–H groups in total. The number of amides is 2. The number of ether oxygens (including phenoxy) is 1. The third-order valence-corrected chi connectivity index (χ3v) is 5.91. The Hall–Kier alpha value is -2.83. The monoisotopic (exact) mass is 440 g/mol. The van der Waals surface area contributed by atoms with E-state index in [2.05, 4.69) is 0 Å². The summed E-state index contributed by atoms with van der Waals surface area (Å²) < 4.78 is 5.52. The molecule has 0 aliphatic carbocycles. The van der Waals surface area contributed by atoms with Gasteiger partial charge >= 0.3 is 0 Å². The first-order chi connectivity index (χ1) is 15.0. The Kier molecular flexibility index (Phi) is 6.30. The Balaban J connectivity index is 1.79. The van der Waals surface area contributed by atoms with Crippen molar-refractivity contribution in [3.63, 3.8) is 0 Å². The van der Waals surface area contributed by atoms with E-state index < -0.39 is 0 Å². The molecule has 2 aliphatic heterocycles. The molecule has 2 aromatic rings. The molecule has 31 heavy (non-hydrogen) atoms. The third kappa shape index (κ3) is 4.18. The van der Waals surface area contributed by atoms with E-state index in [1.54, 1.807) is 48.5 Å². The highest BCUT2D eigenvalue weighted by atomic mass is 35.5. The summed E-state index contributed by atoms with van der Waals surface area (Å²) in [6, 6.07) is 14.0. The predicted molar refractivity (Wildman–Crippen MR) is 120 cm³/mol. The number of hydrogen-bond acceptors (Lipinski definition) is 5. The summed E-state index contributed by atoms with van der Waals surface area (Å²) in [7, 11) is 0. The Labute approximate surface area is 186 Å². The van der Waals surface area contributed by atoms with Gasteiger partial charge in [0.1, 0.15) is 11.4 Å². The van der Waals surface area contributed by atoms with Crippen LogP contribution in [0.3, 0.4) is 0 Å². The number of benzene rings is 2. The van der Waals surface area contributed by atoms with Gasteiger partial charge in [0.25, 0.3) is 11.8 Å². The van der Waals surface area contributed by atoms with Crippen LogP contribution in [0.25, 0.3) is 5.57 Å². The molecule has 4 rings (SSSR count). The lowest BCUT2D eigenvalue weighted by Crippen LogP contribution is -2.40. The molecule has 2 aliphatic rings. The fraction of sp³-hybridized carbons (Fsp3) is 0.333. The number of halogens is 1. The number of rotatable bonds is 6. The van der Waals surface area contributed by atoms with Crippen molar-refractivity contribution in [2.24, 2.45) is 5.92 Å². The highest BCUT2D eigenvalue weighted by Crippen LogP contribution is 2.37. The number of anilines is 1. The van der Waals surface area contributed by atoms with Crippen LogP contribution in [0, 0.1) is 5.92 Å². The fourth-order valence-corrected chi connectivity index (χ4v) is 4.41. The lowest BCUT2D eigenvalue weighted by molar-refractivity contribution is -0.120. The van der Waals surface area contributed by atoms with Crippen LogP contribution in [-0.2, 0) is 9.59 Å². The van der Waals surface area contributed by atoms with Gasteiger partial charge in [-0.2, -0.15) is 0 Å². The fourth-order valence-electron chi connectivity index (χ4n) is 4.22. The third-order valence-electron chi connectivity index (χ3n) is 5.67. The van der Waals surface area contributed by atoms with Gasteiger partial charge in [0.15, 0.2) is 0 Å². The lowest BCUT2D eigenvalue weighted by atomic mass is 9.97. The number of hydrogen-bond donors (Lipinski definition) is 1. The maximum Gasteiger partial charge on any atom is 0.282 e. The van der Waals surface area contributed by atoms with Crippen LogP contribution in [0.5, 0.6) is 5.75 Å². The maximum absolute atomic E-state index is 13.6. The number of imide groups is 1. The van der Waals surface area contributed by atoms with E-state index in [9.17, 15) is 14.7 Å². The van der Waals surface area contributed by atoms with Gasteiger partial charge in [-0.25, -0.2) is 4.90 Å². The first kappa shape index (κ1) is 21.4. The average Bonchev–Trinajstić information content (AvgIpc) is 3.04. The SMILES string of the molecule is CCOc1ccc(C2=C(N3CCCC(CO)C3)C(=O)N(c3cccc(Cl)c3)C2=O)cc1. The van der Waals surface area contributed by atoms with Crippen LogP contribution in [0.4, 0.5) is 5.69 Å². The molecule has 1 atom stereocenters. The standard InChI is InChI=1S/C24H25ClN2O4/c1-2-31-20-10-8-17(9-11-20)21-22(26-12-4-5-16(14-26)15-28)24(30)27(23(21)29)19-7-3-6-18(25)13-19/h3,6-11,13,16,28H,2,4-5,12,14-15H2,1H3. The number of aliphatic hydroxyl groups excluding tert-OH is 1. The van der Waals surface area contributed by atoms with Gasteiger partial charge in [0, 0.05) is 24.7 Å². The molecule has 162 valence electrons. The van der Waals surface area contributed by atoms with Crippen molar-refractivity contribution in [3.8, 4) is 5.75 Å². The van der Waals surface area contributed by atoms with Crippen LogP contribution in [-0.4, -0.2) is 48.1 Å². The first-order valence-electron chi connectivity index (χ1n) is 10.5. The minimum Gasteiger partial charge on any atom is -0.494 e. The van der Waals surface area contributed by atoms with E-state index in [1.165, 1.54) is 4.90 Å². The number of carbonyl (C=O) groups is 2. The number of piperidine rings is 1. The molecule has 0 aromatic heterocycles. The lowest BCUT2D eigenvalue weighted by Gasteiger charge is -2.34. The van der Waals surface area contributed by atoms with E-state index in [1.807, 2.05) is 11.8 Å². The van der Waals surface area contributed by atoms with Gasteiger partial charge in [-0.15, -0.1) is 0 Å². The summed E-state index contributed by atoms with van der Waals surface area (Å²) in [6.45, 7) is 3.71. The van der Waals surface area contributed by atoms with Crippen LogP contribution >= 0.6 is 11.6 Å². The van der Waals surface area contributed by atoms with Crippen molar-refractivity contribution >= 4 is 34.7 Å². The summed E-state index contributed by atoms with van der Waals surface area (Å²) in [5.41, 5.74) is 1.85. The first-order valence-corrected chi connectivity index (χ1v) is 10.9. The van der Waals surface area contributed by atoms with Gasteiger partial charge in [-0.05, 0) is 61.6 Å². The second kappa shape index (κ2) is 9.12. The molecular formula is C24H25ClN2O4. The van der Waals surface area contributed by atoms with Gasteiger partial charge in [0.2, 0.25) is 0 Å². The second-order valence-corrected chi connectivity index (χ2v) is 8.18. The second-order valence-electron chi connectivity index (χ2n) is 7.74. The van der Waals surface area contributed by atoms with Crippen molar-refractivity contribution in [2.45, 2.75) is 19.8 Å². The Bertz CT molecular complexity index is 1020. The molecule has 7 heteroatoms. The molecule has 0 spiro atoms. The zero-order valence-electron chi connectivity index (χ0n) is 17.4. The van der Waals surface area contributed by atoms with E-state index in [0.717, 1.165) is 12.8 Å². The molecular weight excluding hydrogens is 416 g/mol. The van der Waals surface area contributed by atoms with Crippen LogP contribution in [0.15, 0.2) is 54.2 Å². The molecule has 2 aromatic carbocycles. The van der Waals surface area contributed by atoms with Crippen molar-refractivity contribution < 1.29 is 19.4 Å². The summed E-state index contributed by atoms with van der Waals surface area (Å²) in [4.78, 5) is 30.2. The average molecular weight is 441 g/mol. The normalized spacial score (nSPS) is 19.4. The van der Waals surface area contributed by atoms with Gasteiger partial charge in [-0.1, -0.05) is 29.8 Å². The molecule has 6 nitrogen and oxygen atoms in total. The summed E-state index contributed by atoms with van der Waals surface area (Å²) in [6.07, 6.45) is 1.75. The minimum absolute atomic E-state index is 0.0578. The smallest absolute Gasteiger partial charge is 0.282 e. The van der Waals surface area contributed by atoms with E-state index in [4.69, 9.17) is 16.3 Å². The molecule has 0 radical (unpaired) electrons. The highest BCUT2D eigenvalue weighted by molar-refractivity contribution is 6.45. The topological polar surface area (TPSA) is 70.1 Å². The van der Waals surface area contributed by atoms with Crippen LogP contribution < -0.4 is 9.64 Å². The molecule has 2 heterocycles. The summed E-state index contributed by atoms with van der Waals surface area (Å²) in [5.74, 6) is 0.0356. The molecule has 1 saturated heterocycles. The zero-order valence-corrected chi connectivity index (χ0v) is 18.1. The quantitative estimate of drug-likeness (QED) is 0.693. The van der Waals surface area contributed by atoms with Crippen molar-refractivity contribution in [1.82, 2.24) is 4.90 Å². The van der Waals surface area contributed by atoms with E-state index in [0.29, 0.717) is 53.0 Å². The predicted octanol–water partition coefficient (Wildman–Crippen LogP) is 3.73. The number of likely N-dealkylation sites (tertiary alicyclic amines) is 1. The molecule has 1 unspecified atom stereocenters. The molecule has 2 amide bonds. The Morgan fingerprint density at radius 3 is 2.58 bits per heavy atom. The van der Waals surface area contributed by atoms with Gasteiger partial charge < -0.3 is 14.7 Å². The van der Waals surface area contributed by atoms with E-state index >= 15 is 0 Å². The van der Waals surface area contributed by atoms with Crippen LogP contribution in [0.2, 0.25) is 5.02 Å². The van der Waals surface area contributed by atoms with Gasteiger partial charge in [-0.3, -0.25) is 9.59 Å². The van der Waals surface area contributed by atoms with Crippen molar-refractivity contribution in [1.29, 1.82) is 0 Å². The highest BCUT2D eigenvalue weighted by Gasteiger charge is 2.43. The Morgan fingerprint density at radius 2 is 1.90 bits per heavy atom. The number of carbonyl (C=O) groups excluding carboxylic acids is 2. The molecule has 0 saturated carbocycles. The van der Waals surface area contributed by atoms with Gasteiger partial charge in [0.05, 0.1) is 17.9 Å². The Morgan fingerprint density at radius 1 is 1.13 bits per heavy atom. The molecule has 0 bridgehead atoms. The van der Waals surface area contributed by atoms with Crippen molar-refractivity contribution in [3.05, 3.63) is 64.8 Å².